The number of carbonyl (C=O) groups is 1. The highest BCUT2D eigenvalue weighted by molar-refractivity contribution is 7.91. The maximum absolute atomic E-state index is 12.6. The fraction of sp³-hybridized carbons (Fsp3) is 0.241. The molecule has 3 aromatic rings. The van der Waals surface area contributed by atoms with Crippen molar-refractivity contribution in [2.75, 3.05) is 11.1 Å². The van der Waals surface area contributed by atoms with Crippen LogP contribution in [0.3, 0.4) is 0 Å². The van der Waals surface area contributed by atoms with Crippen molar-refractivity contribution in [3.63, 3.8) is 0 Å². The lowest BCUT2D eigenvalue weighted by Gasteiger charge is -2.13. The quantitative estimate of drug-likeness (QED) is 0.300. The fourth-order valence-electron chi connectivity index (χ4n) is 4.40. The molecule has 0 unspecified atom stereocenters. The van der Waals surface area contributed by atoms with Crippen LogP contribution in [0.4, 0.5) is 11.4 Å². The van der Waals surface area contributed by atoms with Crippen LogP contribution in [0, 0.1) is 6.57 Å². The number of amides is 1. The van der Waals surface area contributed by atoms with E-state index in [1.807, 2.05) is 12.1 Å². The topological polar surface area (TPSA) is 67.6 Å². The van der Waals surface area contributed by atoms with Gasteiger partial charge in [0.2, 0.25) is 5.91 Å². The smallest absolute Gasteiger partial charge is 0.228 e. The van der Waals surface area contributed by atoms with Crippen LogP contribution in [0.2, 0.25) is 10.0 Å². The summed E-state index contributed by atoms with van der Waals surface area (Å²) in [4.78, 5) is 16.5. The lowest BCUT2D eigenvalue weighted by atomic mass is 10.00. The van der Waals surface area contributed by atoms with Gasteiger partial charge in [0.05, 0.1) is 33.7 Å². The van der Waals surface area contributed by atoms with Gasteiger partial charge in [-0.15, -0.1) is 0 Å². The number of hydrogen-bond acceptors (Lipinski definition) is 3. The predicted molar refractivity (Wildman–Crippen MR) is 151 cm³/mol. The first-order valence-corrected chi connectivity index (χ1v) is 14.4. The largest absolute Gasteiger partial charge is 0.326 e. The Labute approximate surface area is 227 Å². The summed E-state index contributed by atoms with van der Waals surface area (Å²) in [6.45, 7) is 9.22. The van der Waals surface area contributed by atoms with Crippen molar-refractivity contribution in [1.82, 2.24) is 0 Å². The number of halogens is 2. The Hall–Kier alpha value is -3.11. The number of allylic oxidation sites excluding steroid dienone is 1. The lowest BCUT2D eigenvalue weighted by molar-refractivity contribution is -0.115. The zero-order valence-electron chi connectivity index (χ0n) is 20.4. The van der Waals surface area contributed by atoms with Gasteiger partial charge in [0.25, 0.3) is 0 Å². The standard InChI is InChI=1S/C29H26Cl2N2O3S/c1-3-37(35,36)24-12-8-20(9-13-24)15-28(34)33-23-17-25(30)29(26(31)18-23)22-11-10-21(27(16-22)32-2)14-19-6-4-5-7-19/h8-14,16-18H,3-7,15H2,1H3,(H,33,34). The Morgan fingerprint density at radius 2 is 1.68 bits per heavy atom. The molecular weight excluding hydrogens is 527 g/mol. The molecule has 0 saturated heterocycles. The SMILES string of the molecule is [C-]#[N+]c1cc(-c2c(Cl)cc(NC(=O)Cc3ccc(S(=O)(=O)CC)cc3)cc2Cl)ccc1C=C1CCCC1. The Morgan fingerprint density at radius 1 is 1.03 bits per heavy atom. The first-order valence-electron chi connectivity index (χ1n) is 12.0. The number of benzene rings is 3. The average molecular weight is 554 g/mol. The first-order chi connectivity index (χ1) is 17.7. The number of sulfone groups is 1. The average Bonchev–Trinajstić information content (AvgIpc) is 3.38. The molecule has 1 N–H and O–H groups in total. The van der Waals surface area contributed by atoms with Crippen LogP contribution in [0.1, 0.15) is 43.7 Å². The van der Waals surface area contributed by atoms with Gasteiger partial charge in [-0.05, 0) is 72.7 Å². The van der Waals surface area contributed by atoms with E-state index in [1.165, 1.54) is 30.5 Å². The predicted octanol–water partition coefficient (Wildman–Crippen LogP) is 8.14. The normalized spacial score (nSPS) is 13.3. The number of nitrogens with zero attached hydrogens (tertiary/aromatic N) is 1. The van der Waals surface area contributed by atoms with E-state index in [0.717, 1.165) is 24.0 Å². The van der Waals surface area contributed by atoms with Crippen molar-refractivity contribution in [1.29, 1.82) is 0 Å². The number of carbonyl (C=O) groups excluding carboxylic acids is 1. The third kappa shape index (κ3) is 6.42. The number of rotatable bonds is 7. The fourth-order valence-corrected chi connectivity index (χ4v) is 5.99. The molecule has 4 rings (SSSR count). The van der Waals surface area contributed by atoms with Gasteiger partial charge in [0.1, 0.15) is 0 Å². The minimum absolute atomic E-state index is 0.0195. The summed E-state index contributed by atoms with van der Waals surface area (Å²) in [5, 5.41) is 3.51. The molecule has 37 heavy (non-hydrogen) atoms. The molecule has 1 saturated carbocycles. The molecule has 1 aliphatic rings. The molecule has 190 valence electrons. The molecule has 0 aromatic heterocycles. The zero-order chi connectivity index (χ0) is 26.6. The maximum Gasteiger partial charge on any atom is 0.228 e. The van der Waals surface area contributed by atoms with E-state index in [0.29, 0.717) is 32.5 Å². The Bertz CT molecular complexity index is 1490. The number of anilines is 1. The monoisotopic (exact) mass is 552 g/mol. The Balaban J connectivity index is 1.51. The third-order valence-corrected chi connectivity index (χ3v) is 8.74. The second-order valence-corrected chi connectivity index (χ2v) is 12.1. The van der Waals surface area contributed by atoms with Crippen molar-refractivity contribution >= 4 is 56.4 Å². The van der Waals surface area contributed by atoms with Gasteiger partial charge in [-0.2, -0.15) is 0 Å². The van der Waals surface area contributed by atoms with E-state index in [1.54, 1.807) is 37.3 Å². The molecular formula is C29H26Cl2N2O3S. The minimum atomic E-state index is -3.29. The molecule has 0 atom stereocenters. The van der Waals surface area contributed by atoms with E-state index < -0.39 is 9.84 Å². The van der Waals surface area contributed by atoms with Crippen molar-refractivity contribution in [2.45, 2.75) is 43.9 Å². The van der Waals surface area contributed by atoms with Crippen LogP contribution in [0.25, 0.3) is 22.0 Å². The van der Waals surface area contributed by atoms with E-state index in [9.17, 15) is 13.2 Å². The zero-order valence-corrected chi connectivity index (χ0v) is 22.7. The first kappa shape index (κ1) is 26.9. The number of nitrogens with one attached hydrogen (secondary N) is 1. The summed E-state index contributed by atoms with van der Waals surface area (Å²) >= 11 is 13.2. The second-order valence-electron chi connectivity index (χ2n) is 8.98. The van der Waals surface area contributed by atoms with E-state index in [-0.39, 0.29) is 23.0 Å². The van der Waals surface area contributed by atoms with Crippen LogP contribution >= 0.6 is 23.2 Å². The van der Waals surface area contributed by atoms with E-state index in [4.69, 9.17) is 29.8 Å². The molecule has 3 aromatic carbocycles. The third-order valence-electron chi connectivity index (χ3n) is 6.40. The summed E-state index contributed by atoms with van der Waals surface area (Å²) in [5.41, 5.74) is 5.26. The molecule has 0 heterocycles. The van der Waals surface area contributed by atoms with Crippen molar-refractivity contribution < 1.29 is 13.2 Å². The van der Waals surface area contributed by atoms with Gasteiger partial charge < -0.3 is 5.32 Å². The highest BCUT2D eigenvalue weighted by Crippen LogP contribution is 2.40. The molecule has 1 amide bonds. The van der Waals surface area contributed by atoms with Gasteiger partial charge in [0, 0.05) is 11.3 Å². The molecule has 0 aliphatic heterocycles. The summed E-state index contributed by atoms with van der Waals surface area (Å²) < 4.78 is 23.9. The molecule has 8 heteroatoms. The van der Waals surface area contributed by atoms with Crippen LogP contribution < -0.4 is 5.32 Å². The molecule has 1 fully saturated rings. The summed E-state index contributed by atoms with van der Waals surface area (Å²) in [6.07, 6.45) is 6.73. The van der Waals surface area contributed by atoms with Gasteiger partial charge >= 0.3 is 0 Å². The Kier molecular flexibility index (Phi) is 8.39. The van der Waals surface area contributed by atoms with Crippen molar-refractivity contribution in [3.8, 4) is 11.1 Å². The second kappa shape index (κ2) is 11.5. The van der Waals surface area contributed by atoms with Crippen molar-refractivity contribution in [3.05, 3.63) is 92.8 Å². The summed E-state index contributed by atoms with van der Waals surface area (Å²) in [5.74, 6) is -0.267. The van der Waals surface area contributed by atoms with Gasteiger partial charge in [-0.3, -0.25) is 4.79 Å². The maximum atomic E-state index is 12.6. The summed E-state index contributed by atoms with van der Waals surface area (Å²) in [7, 11) is -3.29. The van der Waals surface area contributed by atoms with E-state index in [2.05, 4.69) is 16.2 Å². The highest BCUT2D eigenvalue weighted by Gasteiger charge is 2.16. The van der Waals surface area contributed by atoms with Crippen LogP contribution in [0.5, 0.6) is 0 Å². The van der Waals surface area contributed by atoms with Crippen LogP contribution in [-0.2, 0) is 21.1 Å². The van der Waals surface area contributed by atoms with E-state index >= 15 is 0 Å². The minimum Gasteiger partial charge on any atom is -0.326 e. The highest BCUT2D eigenvalue weighted by atomic mass is 35.5. The van der Waals surface area contributed by atoms with Gasteiger partial charge in [-0.25, -0.2) is 13.3 Å². The van der Waals surface area contributed by atoms with Gasteiger partial charge in [0.15, 0.2) is 15.5 Å². The molecule has 0 bridgehead atoms. The van der Waals surface area contributed by atoms with Crippen molar-refractivity contribution in [2.24, 2.45) is 0 Å². The summed E-state index contributed by atoms with van der Waals surface area (Å²) in [6, 6.07) is 15.2. The molecule has 5 nitrogen and oxygen atoms in total. The van der Waals surface area contributed by atoms with Gasteiger partial charge in [-0.1, -0.05) is 66.0 Å². The van der Waals surface area contributed by atoms with Crippen LogP contribution in [0.15, 0.2) is 65.1 Å². The Morgan fingerprint density at radius 3 is 2.27 bits per heavy atom. The lowest BCUT2D eigenvalue weighted by Crippen LogP contribution is -2.14. The molecule has 0 spiro atoms. The molecule has 0 radical (unpaired) electrons. The molecule has 1 aliphatic carbocycles. The number of hydrogen-bond donors (Lipinski definition) is 1. The van der Waals surface area contributed by atoms with Crippen LogP contribution in [-0.4, -0.2) is 20.1 Å².